The molecule has 112 valence electrons. The van der Waals surface area contributed by atoms with Crippen molar-refractivity contribution in [2.45, 2.75) is 26.7 Å². The Labute approximate surface area is 127 Å². The highest BCUT2D eigenvalue weighted by molar-refractivity contribution is 7.21. The topological polar surface area (TPSA) is 55.8 Å². The molecule has 0 spiro atoms. The van der Waals surface area contributed by atoms with E-state index in [0.29, 0.717) is 29.8 Å². The Kier molecular flexibility index (Phi) is 3.76. The molecule has 2 aromatic rings. The molecule has 0 fully saturated rings. The molecule has 0 saturated carbocycles. The first-order valence-corrected chi connectivity index (χ1v) is 7.96. The van der Waals surface area contributed by atoms with Gasteiger partial charge in [-0.1, -0.05) is 13.8 Å². The minimum absolute atomic E-state index is 0.400. The number of rotatable bonds is 3. The maximum Gasteiger partial charge on any atom is 0.346 e. The molecule has 3 rings (SSSR count). The van der Waals surface area contributed by atoms with Gasteiger partial charge in [-0.25, -0.2) is 4.79 Å². The summed E-state index contributed by atoms with van der Waals surface area (Å²) >= 11 is 1.32. The first kappa shape index (κ1) is 14.2. The number of hydrogen-bond acceptors (Lipinski definition) is 4. The Morgan fingerprint density at radius 3 is 2.57 bits per heavy atom. The van der Waals surface area contributed by atoms with E-state index in [2.05, 4.69) is 13.8 Å². The molecule has 1 aliphatic heterocycles. The van der Waals surface area contributed by atoms with Crippen molar-refractivity contribution in [3.8, 4) is 11.5 Å². The van der Waals surface area contributed by atoms with Gasteiger partial charge in [0.1, 0.15) is 4.88 Å². The van der Waals surface area contributed by atoms with Crippen molar-refractivity contribution in [1.29, 1.82) is 0 Å². The van der Waals surface area contributed by atoms with Crippen LogP contribution in [-0.2, 0) is 6.42 Å². The Hall–Kier alpha value is -1.75. The molecule has 1 aliphatic rings. The summed E-state index contributed by atoms with van der Waals surface area (Å²) in [5.74, 6) is 0.981. The van der Waals surface area contributed by atoms with Crippen LogP contribution < -0.4 is 9.47 Å². The third-order valence-electron chi connectivity index (χ3n) is 3.47. The maximum atomic E-state index is 11.5. The lowest BCUT2D eigenvalue weighted by Gasteiger charge is -2.09. The molecule has 1 aromatic carbocycles. The van der Waals surface area contributed by atoms with Crippen LogP contribution in [0.15, 0.2) is 12.1 Å². The lowest BCUT2D eigenvalue weighted by Crippen LogP contribution is -2.01. The molecule has 0 radical (unpaired) electrons. The fraction of sp³-hybridized carbons (Fsp3) is 0.438. The van der Waals surface area contributed by atoms with E-state index in [-0.39, 0.29) is 0 Å². The summed E-state index contributed by atoms with van der Waals surface area (Å²) in [5.41, 5.74) is 0.910. The zero-order valence-corrected chi connectivity index (χ0v) is 13.0. The van der Waals surface area contributed by atoms with Crippen LogP contribution in [0.2, 0.25) is 0 Å². The number of fused-ring (bicyclic) bond motifs is 2. The lowest BCUT2D eigenvalue weighted by atomic mass is 9.99. The number of aromatic carboxylic acids is 1. The number of benzene rings is 1. The van der Waals surface area contributed by atoms with Crippen molar-refractivity contribution >= 4 is 27.4 Å². The van der Waals surface area contributed by atoms with E-state index in [9.17, 15) is 9.90 Å². The molecular formula is C16H18O4S. The van der Waals surface area contributed by atoms with Gasteiger partial charge in [0.2, 0.25) is 0 Å². The summed E-state index contributed by atoms with van der Waals surface area (Å²) in [6, 6.07) is 3.85. The van der Waals surface area contributed by atoms with Crippen LogP contribution in [0.5, 0.6) is 11.5 Å². The van der Waals surface area contributed by atoms with E-state index < -0.39 is 5.97 Å². The van der Waals surface area contributed by atoms with Crippen LogP contribution >= 0.6 is 11.3 Å². The second-order valence-corrected chi connectivity index (χ2v) is 6.71. The Balaban J connectivity index is 2.19. The van der Waals surface area contributed by atoms with E-state index in [1.54, 1.807) is 0 Å². The Bertz CT molecular complexity index is 687. The minimum atomic E-state index is -0.858. The molecule has 0 saturated heterocycles. The molecule has 0 bridgehead atoms. The van der Waals surface area contributed by atoms with Crippen LogP contribution in [0, 0.1) is 5.92 Å². The normalized spacial score (nSPS) is 14.4. The predicted octanol–water partition coefficient (Wildman–Crippen LogP) is 3.96. The standard InChI is InChI=1S/C16H18O4S/c1-9(2)6-11-10-7-12-13(20-5-3-4-19-12)8-14(10)21-15(11)16(17)18/h7-9H,3-6H2,1-2H3,(H,17,18). The third-order valence-corrected chi connectivity index (χ3v) is 4.65. The Morgan fingerprint density at radius 1 is 1.29 bits per heavy atom. The van der Waals surface area contributed by atoms with Gasteiger partial charge in [-0.05, 0) is 24.0 Å². The van der Waals surface area contributed by atoms with Crippen molar-refractivity contribution < 1.29 is 19.4 Å². The Morgan fingerprint density at radius 2 is 1.95 bits per heavy atom. The first-order valence-electron chi connectivity index (χ1n) is 7.14. The minimum Gasteiger partial charge on any atom is -0.490 e. The van der Waals surface area contributed by atoms with E-state index in [4.69, 9.17) is 9.47 Å². The van der Waals surface area contributed by atoms with E-state index in [1.807, 2.05) is 12.1 Å². The molecule has 0 amide bonds. The number of thiophene rings is 1. The van der Waals surface area contributed by atoms with Crippen molar-refractivity contribution in [2.75, 3.05) is 13.2 Å². The van der Waals surface area contributed by atoms with Gasteiger partial charge >= 0.3 is 5.97 Å². The molecule has 5 heteroatoms. The molecule has 0 aliphatic carbocycles. The SMILES string of the molecule is CC(C)Cc1c(C(=O)O)sc2cc3c(cc12)OCCCO3. The molecule has 4 nitrogen and oxygen atoms in total. The molecule has 0 atom stereocenters. The quantitative estimate of drug-likeness (QED) is 0.932. The summed E-state index contributed by atoms with van der Waals surface area (Å²) in [5, 5.41) is 10.4. The first-order chi connectivity index (χ1) is 10.1. The van der Waals surface area contributed by atoms with Gasteiger partial charge in [0.15, 0.2) is 11.5 Å². The monoisotopic (exact) mass is 306 g/mol. The molecule has 2 heterocycles. The van der Waals surface area contributed by atoms with Crippen molar-refractivity contribution in [1.82, 2.24) is 0 Å². The molecular weight excluding hydrogens is 288 g/mol. The number of carboxylic acid groups (broad SMARTS) is 1. The molecule has 1 aromatic heterocycles. The smallest absolute Gasteiger partial charge is 0.346 e. The lowest BCUT2D eigenvalue weighted by molar-refractivity contribution is 0.0701. The number of ether oxygens (including phenoxy) is 2. The highest BCUT2D eigenvalue weighted by Gasteiger charge is 2.21. The number of hydrogen-bond donors (Lipinski definition) is 1. The van der Waals surface area contributed by atoms with Crippen molar-refractivity contribution in [3.05, 3.63) is 22.6 Å². The summed E-state index contributed by atoms with van der Waals surface area (Å²) in [4.78, 5) is 11.9. The number of carboxylic acids is 1. The van der Waals surface area contributed by atoms with Crippen molar-refractivity contribution in [2.24, 2.45) is 5.92 Å². The largest absolute Gasteiger partial charge is 0.490 e. The summed E-state index contributed by atoms with van der Waals surface area (Å²) in [7, 11) is 0. The van der Waals surface area contributed by atoms with Gasteiger partial charge < -0.3 is 14.6 Å². The zero-order chi connectivity index (χ0) is 15.0. The van der Waals surface area contributed by atoms with Gasteiger partial charge in [0.25, 0.3) is 0 Å². The summed E-state index contributed by atoms with van der Waals surface area (Å²) in [6.07, 6.45) is 1.61. The van der Waals surface area contributed by atoms with E-state index >= 15 is 0 Å². The second kappa shape index (κ2) is 5.56. The van der Waals surface area contributed by atoms with Gasteiger partial charge in [0.05, 0.1) is 13.2 Å². The second-order valence-electron chi connectivity index (χ2n) is 5.66. The van der Waals surface area contributed by atoms with E-state index in [1.165, 1.54) is 11.3 Å². The van der Waals surface area contributed by atoms with Gasteiger partial charge in [0, 0.05) is 22.6 Å². The molecule has 1 N–H and O–H groups in total. The highest BCUT2D eigenvalue weighted by Crippen LogP contribution is 2.41. The molecule has 21 heavy (non-hydrogen) atoms. The highest BCUT2D eigenvalue weighted by atomic mass is 32.1. The van der Waals surface area contributed by atoms with Gasteiger partial charge in [-0.15, -0.1) is 11.3 Å². The van der Waals surface area contributed by atoms with Crippen LogP contribution in [-0.4, -0.2) is 24.3 Å². The summed E-state index contributed by atoms with van der Waals surface area (Å²) < 4.78 is 12.4. The average Bonchev–Trinajstić information content (AvgIpc) is 2.61. The summed E-state index contributed by atoms with van der Waals surface area (Å²) in [6.45, 7) is 5.46. The fourth-order valence-corrected chi connectivity index (χ4v) is 3.67. The van der Waals surface area contributed by atoms with Crippen LogP contribution in [0.1, 0.15) is 35.5 Å². The van der Waals surface area contributed by atoms with Crippen molar-refractivity contribution in [3.63, 3.8) is 0 Å². The van der Waals surface area contributed by atoms with Crippen LogP contribution in [0.4, 0.5) is 0 Å². The third kappa shape index (κ3) is 2.70. The molecule has 0 unspecified atom stereocenters. The van der Waals surface area contributed by atoms with Gasteiger partial charge in [-0.2, -0.15) is 0 Å². The zero-order valence-electron chi connectivity index (χ0n) is 12.1. The van der Waals surface area contributed by atoms with Crippen LogP contribution in [0.3, 0.4) is 0 Å². The predicted molar refractivity (Wildman–Crippen MR) is 82.9 cm³/mol. The average molecular weight is 306 g/mol. The van der Waals surface area contributed by atoms with E-state index in [0.717, 1.165) is 34.2 Å². The van der Waals surface area contributed by atoms with Gasteiger partial charge in [-0.3, -0.25) is 0 Å². The maximum absolute atomic E-state index is 11.5. The fourth-order valence-electron chi connectivity index (χ4n) is 2.59. The number of carbonyl (C=O) groups is 1. The van der Waals surface area contributed by atoms with Crippen LogP contribution in [0.25, 0.3) is 10.1 Å².